The summed E-state index contributed by atoms with van der Waals surface area (Å²) in [5.41, 5.74) is 1.01. The summed E-state index contributed by atoms with van der Waals surface area (Å²) in [7, 11) is 0. The maximum atomic E-state index is 12.2. The Balaban J connectivity index is 2.17. The molecule has 0 unspecified atom stereocenters. The van der Waals surface area contributed by atoms with E-state index in [9.17, 15) is 4.79 Å². The van der Waals surface area contributed by atoms with Crippen LogP contribution >= 0.6 is 23.2 Å². The zero-order valence-corrected chi connectivity index (χ0v) is 11.3. The topological polar surface area (TPSA) is 29.5 Å². The fraction of sp³-hybridized carbons (Fsp3) is 0.308. The van der Waals surface area contributed by atoms with Crippen LogP contribution in [-0.4, -0.2) is 37.1 Å². The third-order valence-corrected chi connectivity index (χ3v) is 3.36. The number of rotatable bonds is 2. The molecule has 1 aliphatic heterocycles. The highest BCUT2D eigenvalue weighted by Gasteiger charge is 2.21. The quantitative estimate of drug-likeness (QED) is 0.782. The molecule has 1 fully saturated rings. The fourth-order valence-corrected chi connectivity index (χ4v) is 2.33. The standard InChI is InChI=1S/C13H13Cl2NO2/c1-9(11-3-2-10(14)8-12(11)15)13(17)16-4-6-18-7-5-16/h2-3,8H,1,4-7H2. The average molecular weight is 286 g/mol. The lowest BCUT2D eigenvalue weighted by Gasteiger charge is -2.27. The van der Waals surface area contributed by atoms with Crippen LogP contribution in [0.5, 0.6) is 0 Å². The van der Waals surface area contributed by atoms with Gasteiger partial charge in [-0.3, -0.25) is 4.79 Å². The molecule has 1 aliphatic rings. The molecule has 0 spiro atoms. The molecular formula is C13H13Cl2NO2. The van der Waals surface area contributed by atoms with Crippen molar-refractivity contribution in [3.05, 3.63) is 40.4 Å². The van der Waals surface area contributed by atoms with Crippen molar-refractivity contribution in [1.82, 2.24) is 4.90 Å². The second kappa shape index (κ2) is 5.74. The molecule has 5 heteroatoms. The van der Waals surface area contributed by atoms with E-state index in [1.165, 1.54) is 0 Å². The molecule has 3 nitrogen and oxygen atoms in total. The van der Waals surface area contributed by atoms with Crippen LogP contribution in [0, 0.1) is 0 Å². The van der Waals surface area contributed by atoms with E-state index in [0.29, 0.717) is 47.5 Å². The Kier molecular flexibility index (Phi) is 4.27. The summed E-state index contributed by atoms with van der Waals surface area (Å²) < 4.78 is 5.21. The number of hydrogen-bond donors (Lipinski definition) is 0. The van der Waals surface area contributed by atoms with Gasteiger partial charge in [-0.25, -0.2) is 0 Å². The lowest BCUT2D eigenvalue weighted by molar-refractivity contribution is -0.128. The monoisotopic (exact) mass is 285 g/mol. The molecule has 1 saturated heterocycles. The predicted molar refractivity (Wildman–Crippen MR) is 72.9 cm³/mol. The van der Waals surface area contributed by atoms with Gasteiger partial charge < -0.3 is 9.64 Å². The Morgan fingerprint density at radius 1 is 1.28 bits per heavy atom. The maximum absolute atomic E-state index is 12.2. The number of carbonyl (C=O) groups is 1. The van der Waals surface area contributed by atoms with Crippen molar-refractivity contribution >= 4 is 34.7 Å². The molecule has 0 aliphatic carbocycles. The summed E-state index contributed by atoms with van der Waals surface area (Å²) in [4.78, 5) is 13.9. The molecule has 0 saturated carbocycles. The van der Waals surface area contributed by atoms with Gasteiger partial charge in [0.2, 0.25) is 0 Å². The Morgan fingerprint density at radius 2 is 1.94 bits per heavy atom. The first-order valence-electron chi connectivity index (χ1n) is 5.61. The van der Waals surface area contributed by atoms with E-state index < -0.39 is 0 Å². The number of hydrogen-bond acceptors (Lipinski definition) is 2. The van der Waals surface area contributed by atoms with Crippen molar-refractivity contribution in [3.63, 3.8) is 0 Å². The second-order valence-electron chi connectivity index (χ2n) is 4.01. The fourth-order valence-electron chi connectivity index (χ4n) is 1.81. The molecule has 0 N–H and O–H groups in total. The Labute approximate surface area is 116 Å². The van der Waals surface area contributed by atoms with Crippen LogP contribution in [0.15, 0.2) is 24.8 Å². The molecule has 1 heterocycles. The minimum Gasteiger partial charge on any atom is -0.378 e. The van der Waals surface area contributed by atoms with Crippen LogP contribution in [-0.2, 0) is 9.53 Å². The van der Waals surface area contributed by atoms with E-state index in [4.69, 9.17) is 27.9 Å². The molecule has 18 heavy (non-hydrogen) atoms. The Bertz CT molecular complexity index is 482. The smallest absolute Gasteiger partial charge is 0.254 e. The lowest BCUT2D eigenvalue weighted by Crippen LogP contribution is -2.40. The Hall–Kier alpha value is -1.03. The highest BCUT2D eigenvalue weighted by atomic mass is 35.5. The van der Waals surface area contributed by atoms with Crippen LogP contribution in [0.2, 0.25) is 10.0 Å². The first-order chi connectivity index (χ1) is 8.59. The zero-order chi connectivity index (χ0) is 13.1. The van der Waals surface area contributed by atoms with E-state index in [2.05, 4.69) is 6.58 Å². The van der Waals surface area contributed by atoms with E-state index in [-0.39, 0.29) is 5.91 Å². The van der Waals surface area contributed by atoms with Crippen LogP contribution < -0.4 is 0 Å². The molecule has 1 aromatic rings. The van der Waals surface area contributed by atoms with Crippen LogP contribution in [0.4, 0.5) is 0 Å². The lowest BCUT2D eigenvalue weighted by atomic mass is 10.1. The second-order valence-corrected chi connectivity index (χ2v) is 4.85. The first kappa shape index (κ1) is 13.4. The molecule has 0 bridgehead atoms. The molecule has 96 valence electrons. The van der Waals surface area contributed by atoms with Gasteiger partial charge in [0.1, 0.15) is 0 Å². The normalized spacial score (nSPS) is 15.6. The molecule has 0 radical (unpaired) electrons. The summed E-state index contributed by atoms with van der Waals surface area (Å²) >= 11 is 11.9. The number of benzene rings is 1. The number of morpholine rings is 1. The van der Waals surface area contributed by atoms with E-state index >= 15 is 0 Å². The summed E-state index contributed by atoms with van der Waals surface area (Å²) in [6.07, 6.45) is 0. The van der Waals surface area contributed by atoms with Crippen molar-refractivity contribution in [2.75, 3.05) is 26.3 Å². The number of carbonyl (C=O) groups excluding carboxylic acids is 1. The van der Waals surface area contributed by atoms with Gasteiger partial charge in [-0.15, -0.1) is 0 Å². The van der Waals surface area contributed by atoms with E-state index in [0.717, 1.165) is 0 Å². The van der Waals surface area contributed by atoms with Crippen molar-refractivity contribution < 1.29 is 9.53 Å². The van der Waals surface area contributed by atoms with Gasteiger partial charge in [0.05, 0.1) is 18.2 Å². The maximum Gasteiger partial charge on any atom is 0.254 e. The SMILES string of the molecule is C=C(C(=O)N1CCOCC1)c1ccc(Cl)cc1Cl. The van der Waals surface area contributed by atoms with Crippen molar-refractivity contribution in [1.29, 1.82) is 0 Å². The Morgan fingerprint density at radius 3 is 2.56 bits per heavy atom. The average Bonchev–Trinajstić information content (AvgIpc) is 2.38. The van der Waals surface area contributed by atoms with Gasteiger partial charge in [-0.1, -0.05) is 35.8 Å². The predicted octanol–water partition coefficient (Wildman–Crippen LogP) is 2.87. The van der Waals surface area contributed by atoms with Gasteiger partial charge in [0, 0.05) is 29.2 Å². The van der Waals surface area contributed by atoms with Crippen LogP contribution in [0.25, 0.3) is 5.57 Å². The van der Waals surface area contributed by atoms with Gasteiger partial charge in [-0.2, -0.15) is 0 Å². The van der Waals surface area contributed by atoms with Crippen LogP contribution in [0.3, 0.4) is 0 Å². The summed E-state index contributed by atoms with van der Waals surface area (Å²) in [6.45, 7) is 6.13. The molecular weight excluding hydrogens is 273 g/mol. The highest BCUT2D eigenvalue weighted by Crippen LogP contribution is 2.27. The minimum absolute atomic E-state index is 0.109. The number of nitrogens with zero attached hydrogens (tertiary/aromatic N) is 1. The van der Waals surface area contributed by atoms with Crippen molar-refractivity contribution in [2.24, 2.45) is 0 Å². The molecule has 0 aromatic heterocycles. The number of halogens is 2. The summed E-state index contributed by atoms with van der Waals surface area (Å²) in [5.74, 6) is -0.109. The first-order valence-corrected chi connectivity index (χ1v) is 6.36. The van der Waals surface area contributed by atoms with Gasteiger partial charge in [-0.05, 0) is 12.1 Å². The number of amides is 1. The van der Waals surface area contributed by atoms with Gasteiger partial charge >= 0.3 is 0 Å². The van der Waals surface area contributed by atoms with Gasteiger partial charge in [0.15, 0.2) is 0 Å². The molecule has 1 amide bonds. The van der Waals surface area contributed by atoms with Crippen LogP contribution in [0.1, 0.15) is 5.56 Å². The zero-order valence-electron chi connectivity index (χ0n) is 9.79. The third-order valence-electron chi connectivity index (χ3n) is 2.81. The molecule has 2 rings (SSSR count). The number of ether oxygens (including phenoxy) is 1. The third kappa shape index (κ3) is 2.86. The summed E-state index contributed by atoms with van der Waals surface area (Å²) in [6, 6.07) is 5.02. The van der Waals surface area contributed by atoms with Gasteiger partial charge in [0.25, 0.3) is 5.91 Å². The molecule has 0 atom stereocenters. The van der Waals surface area contributed by atoms with Crippen molar-refractivity contribution in [2.45, 2.75) is 0 Å². The minimum atomic E-state index is -0.109. The summed E-state index contributed by atoms with van der Waals surface area (Å²) in [5, 5.41) is 0.976. The largest absolute Gasteiger partial charge is 0.378 e. The highest BCUT2D eigenvalue weighted by molar-refractivity contribution is 6.37. The van der Waals surface area contributed by atoms with Crippen molar-refractivity contribution in [3.8, 4) is 0 Å². The van der Waals surface area contributed by atoms with E-state index in [1.54, 1.807) is 23.1 Å². The van der Waals surface area contributed by atoms with E-state index in [1.807, 2.05) is 0 Å². The molecule has 1 aromatic carbocycles.